The molecule has 0 bridgehead atoms. The van der Waals surface area contributed by atoms with Gasteiger partial charge in [-0.05, 0) is 42.7 Å². The number of piperazine rings is 1. The molecule has 0 spiro atoms. The van der Waals surface area contributed by atoms with Crippen LogP contribution in [0.25, 0.3) is 0 Å². The van der Waals surface area contributed by atoms with Crippen molar-refractivity contribution in [3.05, 3.63) is 65.7 Å². The van der Waals surface area contributed by atoms with Gasteiger partial charge in [-0.3, -0.25) is 9.69 Å². The van der Waals surface area contributed by atoms with Crippen molar-refractivity contribution in [3.63, 3.8) is 0 Å². The van der Waals surface area contributed by atoms with Gasteiger partial charge in [0.2, 0.25) is 0 Å². The number of hydrogen-bond acceptors (Lipinski definition) is 4. The summed E-state index contributed by atoms with van der Waals surface area (Å²) in [5.74, 6) is -0.0153. The number of ether oxygens (including phenoxy) is 1. The highest BCUT2D eigenvalue weighted by molar-refractivity contribution is 5.94. The number of nitrogens with one attached hydrogen (secondary N) is 1. The summed E-state index contributed by atoms with van der Waals surface area (Å²) in [6, 6.07) is 18.6. The van der Waals surface area contributed by atoms with Crippen LogP contribution in [0.2, 0.25) is 0 Å². The lowest BCUT2D eigenvalue weighted by Crippen LogP contribution is -2.45. The van der Waals surface area contributed by atoms with E-state index in [1.54, 1.807) is 0 Å². The average molecular weight is 380 g/mol. The van der Waals surface area contributed by atoms with E-state index in [1.807, 2.05) is 12.1 Å². The Hall–Kier alpha value is -2.37. The molecule has 1 amide bonds. The molecule has 0 radical (unpaired) electrons. The first-order valence-corrected chi connectivity index (χ1v) is 10.3. The molecule has 148 valence electrons. The van der Waals surface area contributed by atoms with Crippen molar-refractivity contribution in [2.45, 2.75) is 25.5 Å². The monoisotopic (exact) mass is 379 g/mol. The first kappa shape index (κ1) is 19.0. The Balaban J connectivity index is 1.24. The van der Waals surface area contributed by atoms with Gasteiger partial charge in [-0.2, -0.15) is 0 Å². The van der Waals surface area contributed by atoms with E-state index < -0.39 is 0 Å². The molecule has 1 N–H and O–H groups in total. The Morgan fingerprint density at radius 2 is 1.75 bits per heavy atom. The van der Waals surface area contributed by atoms with Crippen LogP contribution >= 0.6 is 0 Å². The molecule has 28 heavy (non-hydrogen) atoms. The zero-order valence-corrected chi connectivity index (χ0v) is 16.3. The summed E-state index contributed by atoms with van der Waals surface area (Å²) >= 11 is 0. The van der Waals surface area contributed by atoms with Gasteiger partial charge in [0.25, 0.3) is 5.91 Å². The quantitative estimate of drug-likeness (QED) is 0.838. The lowest BCUT2D eigenvalue weighted by molar-refractivity contribution is 0.0858. The highest BCUT2D eigenvalue weighted by atomic mass is 16.5. The topological polar surface area (TPSA) is 44.8 Å². The minimum Gasteiger partial charge on any atom is -0.376 e. The second kappa shape index (κ2) is 9.22. The van der Waals surface area contributed by atoms with Gasteiger partial charge in [0.1, 0.15) is 0 Å². The van der Waals surface area contributed by atoms with Gasteiger partial charge in [-0.1, -0.05) is 30.3 Å². The van der Waals surface area contributed by atoms with Gasteiger partial charge in [0, 0.05) is 57.1 Å². The van der Waals surface area contributed by atoms with Gasteiger partial charge < -0.3 is 15.0 Å². The molecule has 0 aromatic heterocycles. The molecule has 5 heteroatoms. The van der Waals surface area contributed by atoms with Crippen molar-refractivity contribution in [2.75, 3.05) is 44.2 Å². The van der Waals surface area contributed by atoms with Crippen LogP contribution in [0.5, 0.6) is 0 Å². The summed E-state index contributed by atoms with van der Waals surface area (Å²) in [7, 11) is 0. The predicted octanol–water partition coefficient (Wildman–Crippen LogP) is 2.92. The molecule has 2 saturated heterocycles. The lowest BCUT2D eigenvalue weighted by atomic mass is 10.1. The Labute approximate surface area is 167 Å². The predicted molar refractivity (Wildman–Crippen MR) is 112 cm³/mol. The summed E-state index contributed by atoms with van der Waals surface area (Å²) in [6.45, 7) is 6.56. The number of para-hydroxylation sites is 1. The van der Waals surface area contributed by atoms with Gasteiger partial charge in [0.05, 0.1) is 6.10 Å². The van der Waals surface area contributed by atoms with Gasteiger partial charge >= 0.3 is 0 Å². The van der Waals surface area contributed by atoms with Crippen molar-refractivity contribution >= 4 is 11.6 Å². The van der Waals surface area contributed by atoms with E-state index in [-0.39, 0.29) is 12.0 Å². The van der Waals surface area contributed by atoms with Gasteiger partial charge in [0.15, 0.2) is 0 Å². The van der Waals surface area contributed by atoms with Crippen LogP contribution in [-0.2, 0) is 11.3 Å². The standard InChI is InChI=1S/C23H29N3O2/c27-23(24-17-22-7-4-16-28-22)20-10-8-19(9-11-20)18-25-12-14-26(15-13-25)21-5-2-1-3-6-21/h1-3,5-6,8-11,22H,4,7,12-18H2,(H,24,27). The van der Waals surface area contributed by atoms with E-state index in [0.717, 1.165) is 57.7 Å². The second-order valence-corrected chi connectivity index (χ2v) is 7.64. The fraction of sp³-hybridized carbons (Fsp3) is 0.435. The Bertz CT molecular complexity index is 749. The molecule has 2 heterocycles. The number of rotatable bonds is 6. The molecule has 1 unspecified atom stereocenters. The van der Waals surface area contributed by atoms with Crippen LogP contribution in [0.3, 0.4) is 0 Å². The Morgan fingerprint density at radius 1 is 1.00 bits per heavy atom. The summed E-state index contributed by atoms with van der Waals surface area (Å²) in [5.41, 5.74) is 3.28. The maximum Gasteiger partial charge on any atom is 0.251 e. The van der Waals surface area contributed by atoms with Crippen molar-refractivity contribution in [3.8, 4) is 0 Å². The highest BCUT2D eigenvalue weighted by Gasteiger charge is 2.18. The molecule has 2 aliphatic heterocycles. The molecule has 2 fully saturated rings. The van der Waals surface area contributed by atoms with Crippen LogP contribution in [-0.4, -0.2) is 56.2 Å². The van der Waals surface area contributed by atoms with Gasteiger partial charge in [-0.25, -0.2) is 0 Å². The third-order valence-electron chi connectivity index (χ3n) is 5.63. The number of benzene rings is 2. The first-order valence-electron chi connectivity index (χ1n) is 10.3. The fourth-order valence-electron chi connectivity index (χ4n) is 3.94. The van der Waals surface area contributed by atoms with Crippen LogP contribution in [0, 0.1) is 0 Å². The molecule has 1 atom stereocenters. The van der Waals surface area contributed by atoms with Crippen molar-refractivity contribution < 1.29 is 9.53 Å². The smallest absolute Gasteiger partial charge is 0.251 e. The molecule has 0 saturated carbocycles. The molecule has 2 aromatic carbocycles. The van der Waals surface area contributed by atoms with Crippen molar-refractivity contribution in [1.29, 1.82) is 0 Å². The normalized spacial score (nSPS) is 20.3. The van der Waals surface area contributed by atoms with E-state index in [9.17, 15) is 4.79 Å². The third kappa shape index (κ3) is 4.91. The minimum atomic E-state index is -0.0153. The fourth-order valence-corrected chi connectivity index (χ4v) is 3.94. The molecule has 0 aliphatic carbocycles. The van der Waals surface area contributed by atoms with Gasteiger partial charge in [-0.15, -0.1) is 0 Å². The zero-order valence-electron chi connectivity index (χ0n) is 16.3. The number of nitrogens with zero attached hydrogens (tertiary/aromatic N) is 2. The minimum absolute atomic E-state index is 0.0153. The van der Waals surface area contributed by atoms with Crippen LogP contribution in [0.4, 0.5) is 5.69 Å². The summed E-state index contributed by atoms with van der Waals surface area (Å²) < 4.78 is 5.55. The zero-order chi connectivity index (χ0) is 19.2. The van der Waals surface area contributed by atoms with E-state index in [0.29, 0.717) is 6.54 Å². The van der Waals surface area contributed by atoms with E-state index in [4.69, 9.17) is 4.74 Å². The average Bonchev–Trinajstić information content (AvgIpc) is 3.27. The Kier molecular flexibility index (Phi) is 6.24. The SMILES string of the molecule is O=C(NCC1CCCO1)c1ccc(CN2CCN(c3ccccc3)CC2)cc1. The Morgan fingerprint density at radius 3 is 2.43 bits per heavy atom. The maximum atomic E-state index is 12.3. The summed E-state index contributed by atoms with van der Waals surface area (Å²) in [4.78, 5) is 17.2. The number of anilines is 1. The highest BCUT2D eigenvalue weighted by Crippen LogP contribution is 2.17. The second-order valence-electron chi connectivity index (χ2n) is 7.64. The van der Waals surface area contributed by atoms with Crippen molar-refractivity contribution in [1.82, 2.24) is 10.2 Å². The summed E-state index contributed by atoms with van der Waals surface area (Å²) in [5, 5.41) is 2.98. The largest absolute Gasteiger partial charge is 0.376 e. The molecule has 5 nitrogen and oxygen atoms in total. The van der Waals surface area contributed by atoms with E-state index in [2.05, 4.69) is 57.6 Å². The molecular weight excluding hydrogens is 350 g/mol. The molecule has 2 aliphatic rings. The van der Waals surface area contributed by atoms with E-state index in [1.165, 1.54) is 11.3 Å². The summed E-state index contributed by atoms with van der Waals surface area (Å²) in [6.07, 6.45) is 2.31. The number of amides is 1. The number of carbonyl (C=O) groups excluding carboxylic acids is 1. The van der Waals surface area contributed by atoms with Crippen LogP contribution in [0.1, 0.15) is 28.8 Å². The van der Waals surface area contributed by atoms with Crippen molar-refractivity contribution in [2.24, 2.45) is 0 Å². The van der Waals surface area contributed by atoms with Crippen LogP contribution < -0.4 is 10.2 Å². The molecule has 2 aromatic rings. The lowest BCUT2D eigenvalue weighted by Gasteiger charge is -2.36. The molecular formula is C23H29N3O2. The van der Waals surface area contributed by atoms with Crippen LogP contribution in [0.15, 0.2) is 54.6 Å². The number of hydrogen-bond donors (Lipinski definition) is 1. The number of carbonyl (C=O) groups is 1. The van der Waals surface area contributed by atoms with E-state index >= 15 is 0 Å². The molecule has 4 rings (SSSR count). The third-order valence-corrected chi connectivity index (χ3v) is 5.63. The maximum absolute atomic E-state index is 12.3. The first-order chi connectivity index (χ1) is 13.8.